The van der Waals surface area contributed by atoms with E-state index in [2.05, 4.69) is 177 Å². The SMILES string of the molecule is CC/C=C\C/C=C\C/C=C\C/C=C\C/C=C\C/C=C\C/C=C\C/C=C\C/C=C\C/C=C\C/C=C\C/C=C\CCCCCCC(=O)NC(COP(=O)(O)OCC[N+](C)(C)C)C(O)/C=C/CC/C=C/CCCCC. The molecule has 0 saturated heterocycles. The highest BCUT2D eigenvalue weighted by atomic mass is 31.2. The van der Waals surface area contributed by atoms with Gasteiger partial charge in [0.05, 0.1) is 39.9 Å². The van der Waals surface area contributed by atoms with Gasteiger partial charge in [-0.1, -0.05) is 210 Å². The van der Waals surface area contributed by atoms with Crippen molar-refractivity contribution in [1.29, 1.82) is 0 Å². The van der Waals surface area contributed by atoms with E-state index in [0.717, 1.165) is 128 Å². The average Bonchev–Trinajstić information content (AvgIpc) is 3.34. The number of amides is 1. The van der Waals surface area contributed by atoms with Crippen LogP contribution in [0.2, 0.25) is 0 Å². The number of hydrogen-bond donors (Lipinski definition) is 3. The van der Waals surface area contributed by atoms with Crippen molar-refractivity contribution in [2.75, 3.05) is 40.9 Å². The number of hydrogen-bond acceptors (Lipinski definition) is 5. The molecule has 1 amide bonds. The number of allylic oxidation sites excluding steroid dienone is 27. The molecule has 0 saturated carbocycles. The van der Waals surface area contributed by atoms with Gasteiger partial charge in [-0.15, -0.1) is 0 Å². The maximum absolute atomic E-state index is 12.9. The maximum Gasteiger partial charge on any atom is 0.472 e. The highest BCUT2D eigenvalue weighted by Gasteiger charge is 2.27. The van der Waals surface area contributed by atoms with Crippen molar-refractivity contribution in [3.8, 4) is 0 Å². The Morgan fingerprint density at radius 3 is 1.26 bits per heavy atom. The molecule has 0 aliphatic carbocycles. The Labute approximate surface area is 441 Å². The summed E-state index contributed by atoms with van der Waals surface area (Å²) in [6.45, 7) is 4.56. The molecule has 0 aliphatic rings. The van der Waals surface area contributed by atoms with Crippen LogP contribution in [0.1, 0.15) is 168 Å². The first-order valence-electron chi connectivity index (χ1n) is 27.5. The van der Waals surface area contributed by atoms with E-state index in [1.54, 1.807) is 6.08 Å². The summed E-state index contributed by atoms with van der Waals surface area (Å²) in [5.41, 5.74) is 0. The third-order valence-corrected chi connectivity index (χ3v) is 11.9. The Kier molecular flexibility index (Phi) is 48.8. The molecular weight excluding hydrogens is 912 g/mol. The molecular formula is C63H102N2O6P+. The van der Waals surface area contributed by atoms with Gasteiger partial charge in [-0.25, -0.2) is 4.57 Å². The quantitative estimate of drug-likeness (QED) is 0.0243. The second-order valence-corrected chi connectivity index (χ2v) is 20.3. The van der Waals surface area contributed by atoms with Gasteiger partial charge in [-0.3, -0.25) is 13.8 Å². The third kappa shape index (κ3) is 53.7. The number of phosphoric acid groups is 1. The Hall–Kier alpha value is -4.14. The summed E-state index contributed by atoms with van der Waals surface area (Å²) in [4.78, 5) is 23.1. The van der Waals surface area contributed by atoms with Crippen LogP contribution in [0.25, 0.3) is 0 Å². The summed E-state index contributed by atoms with van der Waals surface area (Å²) < 4.78 is 23.5. The van der Waals surface area contributed by atoms with Crippen LogP contribution in [-0.4, -0.2) is 73.4 Å². The molecule has 8 nitrogen and oxygen atoms in total. The fraction of sp³-hybridized carbons (Fsp3) is 0.540. The Balaban J connectivity index is 4.16. The molecule has 0 bridgehead atoms. The van der Waals surface area contributed by atoms with E-state index in [0.29, 0.717) is 17.4 Å². The van der Waals surface area contributed by atoms with Crippen LogP contribution in [0.5, 0.6) is 0 Å². The molecule has 3 atom stereocenters. The molecule has 0 rings (SSSR count). The van der Waals surface area contributed by atoms with E-state index in [-0.39, 0.29) is 19.1 Å². The van der Waals surface area contributed by atoms with Gasteiger partial charge in [0.25, 0.3) is 0 Å². The van der Waals surface area contributed by atoms with Gasteiger partial charge in [0.2, 0.25) is 5.91 Å². The van der Waals surface area contributed by atoms with E-state index >= 15 is 0 Å². The van der Waals surface area contributed by atoms with E-state index in [9.17, 15) is 19.4 Å². The Bertz CT molecular complexity index is 1770. The molecule has 72 heavy (non-hydrogen) atoms. The average molecular weight is 1010 g/mol. The van der Waals surface area contributed by atoms with E-state index in [1.807, 2.05) is 27.2 Å². The molecule has 0 radical (unpaired) electrons. The maximum atomic E-state index is 12.9. The molecule has 0 spiro atoms. The van der Waals surface area contributed by atoms with Crippen LogP contribution in [0.4, 0.5) is 0 Å². The topological polar surface area (TPSA) is 105 Å². The summed E-state index contributed by atoms with van der Waals surface area (Å²) in [7, 11) is 1.50. The minimum Gasteiger partial charge on any atom is -0.387 e. The zero-order valence-electron chi connectivity index (χ0n) is 45.8. The molecule has 0 aromatic heterocycles. The predicted molar refractivity (Wildman–Crippen MR) is 313 cm³/mol. The minimum absolute atomic E-state index is 0.0410. The zero-order chi connectivity index (χ0) is 52.7. The number of unbranched alkanes of at least 4 members (excludes halogenated alkanes) is 8. The van der Waals surface area contributed by atoms with Crippen LogP contribution >= 0.6 is 7.82 Å². The molecule has 0 aliphatic heterocycles. The highest BCUT2D eigenvalue weighted by Crippen LogP contribution is 2.43. The Morgan fingerprint density at radius 2 is 0.847 bits per heavy atom. The molecule has 3 unspecified atom stereocenters. The normalized spacial score (nSPS) is 15.3. The molecule has 0 aromatic carbocycles. The van der Waals surface area contributed by atoms with Crippen LogP contribution in [0, 0.1) is 0 Å². The molecule has 404 valence electrons. The summed E-state index contributed by atoms with van der Waals surface area (Å²) in [6, 6.07) is -0.887. The van der Waals surface area contributed by atoms with Crippen LogP contribution < -0.4 is 5.32 Å². The summed E-state index contributed by atoms with van der Waals surface area (Å²) in [5.74, 6) is -0.223. The number of aliphatic hydroxyl groups excluding tert-OH is 1. The number of aliphatic hydroxyl groups is 1. The highest BCUT2D eigenvalue weighted by molar-refractivity contribution is 7.47. The first-order chi connectivity index (χ1) is 35.0. The number of rotatable bonds is 47. The monoisotopic (exact) mass is 1010 g/mol. The van der Waals surface area contributed by atoms with Crippen LogP contribution in [-0.2, 0) is 18.4 Å². The van der Waals surface area contributed by atoms with Gasteiger partial charge in [0, 0.05) is 6.42 Å². The second-order valence-electron chi connectivity index (χ2n) is 18.9. The lowest BCUT2D eigenvalue weighted by Gasteiger charge is -2.25. The van der Waals surface area contributed by atoms with Crippen molar-refractivity contribution in [1.82, 2.24) is 5.32 Å². The molecule has 0 aromatic rings. The number of quaternary nitrogens is 1. The van der Waals surface area contributed by atoms with Crippen molar-refractivity contribution in [2.24, 2.45) is 0 Å². The van der Waals surface area contributed by atoms with Crippen molar-refractivity contribution in [3.63, 3.8) is 0 Å². The van der Waals surface area contributed by atoms with Crippen LogP contribution in [0.15, 0.2) is 170 Å². The summed E-state index contributed by atoms with van der Waals surface area (Å²) >= 11 is 0. The van der Waals surface area contributed by atoms with Crippen LogP contribution in [0.3, 0.4) is 0 Å². The first-order valence-corrected chi connectivity index (χ1v) is 29.0. The fourth-order valence-electron chi connectivity index (χ4n) is 6.62. The minimum atomic E-state index is -4.36. The fourth-order valence-corrected chi connectivity index (χ4v) is 7.36. The molecule has 9 heteroatoms. The number of phosphoric ester groups is 1. The lowest BCUT2D eigenvalue weighted by atomic mass is 10.1. The lowest BCUT2D eigenvalue weighted by Crippen LogP contribution is -2.45. The van der Waals surface area contributed by atoms with Crippen molar-refractivity contribution in [3.05, 3.63) is 170 Å². The number of likely N-dealkylation sites (N-methyl/N-ethyl adjacent to an activating group) is 1. The van der Waals surface area contributed by atoms with Gasteiger partial charge < -0.3 is 19.8 Å². The van der Waals surface area contributed by atoms with Crippen molar-refractivity contribution in [2.45, 2.75) is 180 Å². The van der Waals surface area contributed by atoms with Gasteiger partial charge in [0.1, 0.15) is 13.2 Å². The number of nitrogens with one attached hydrogen (secondary N) is 1. The van der Waals surface area contributed by atoms with Gasteiger partial charge in [-0.2, -0.15) is 0 Å². The first kappa shape index (κ1) is 67.9. The predicted octanol–water partition coefficient (Wildman–Crippen LogP) is 16.9. The van der Waals surface area contributed by atoms with Gasteiger partial charge >= 0.3 is 7.82 Å². The second kappa shape index (κ2) is 51.7. The smallest absolute Gasteiger partial charge is 0.387 e. The summed E-state index contributed by atoms with van der Waals surface area (Å²) in [5, 5.41) is 13.7. The zero-order valence-corrected chi connectivity index (χ0v) is 46.7. The van der Waals surface area contributed by atoms with E-state index in [4.69, 9.17) is 9.05 Å². The van der Waals surface area contributed by atoms with E-state index < -0.39 is 20.0 Å². The molecule has 0 heterocycles. The van der Waals surface area contributed by atoms with Crippen molar-refractivity contribution >= 4 is 13.7 Å². The molecule has 0 fully saturated rings. The third-order valence-electron chi connectivity index (χ3n) is 10.9. The summed E-state index contributed by atoms with van der Waals surface area (Å²) in [6.07, 6.45) is 83.3. The Morgan fingerprint density at radius 1 is 0.486 bits per heavy atom. The number of carbonyl (C=O) groups is 1. The standard InChI is InChI=1S/C63H101N2O6P/c1-6-8-10-12-14-16-17-18-19-20-21-22-23-24-25-26-27-28-29-30-31-32-33-34-35-36-37-38-39-40-41-42-43-44-45-46-47-49-51-53-55-57-63(67)64-61(60-71-72(68,69)70-59-58-65(3,4)5)62(66)56-54-52-50-48-15-13-11-9-7-2/h8,10,14-16,18-19,21-22,24-25,27-28,30-31,33-34,36-37,39-40,42-43,45-46,48,54,56,61-62,66H,6-7,9,11-13,17,20,23,26,29,32,35,38,41,44,47,49-53,55,57-60H2,1-5H3,(H-,64,67,68,69)/p+1/b10-8-,16-14-,19-18-,22-21-,25-24-,28-27-,31-30-,34-33-,37-36-,40-39-,43-42-,46-45-,48-15+,56-54+. The molecule has 3 N–H and O–H groups in total. The van der Waals surface area contributed by atoms with E-state index in [1.165, 1.54) is 19.3 Å². The number of carbonyl (C=O) groups excluding carboxylic acids is 1. The van der Waals surface area contributed by atoms with Crippen molar-refractivity contribution < 1.29 is 32.9 Å². The lowest BCUT2D eigenvalue weighted by molar-refractivity contribution is -0.870. The van der Waals surface area contributed by atoms with Gasteiger partial charge in [0.15, 0.2) is 0 Å². The largest absolute Gasteiger partial charge is 0.472 e. The number of nitrogens with zero attached hydrogens (tertiary/aromatic N) is 1. The van der Waals surface area contributed by atoms with Gasteiger partial charge in [-0.05, 0) is 122 Å².